The minimum absolute atomic E-state index is 0.0530. The Morgan fingerprint density at radius 1 is 1.10 bits per heavy atom. The van der Waals surface area contributed by atoms with Crippen LogP contribution in [0.3, 0.4) is 0 Å². The predicted molar refractivity (Wildman–Crippen MR) is 107 cm³/mol. The molecule has 5 rings (SSSR count). The number of aryl methyl sites for hydroxylation is 1. The number of carbonyl (C=O) groups excluding carboxylic acids is 1. The summed E-state index contributed by atoms with van der Waals surface area (Å²) in [5.74, 6) is 1.11. The van der Waals surface area contributed by atoms with Gasteiger partial charge in [-0.2, -0.15) is 23.3 Å². The Labute approximate surface area is 177 Å². The summed E-state index contributed by atoms with van der Waals surface area (Å²) in [7, 11) is 0. The number of hydrogen-bond acceptors (Lipinski definition) is 6. The topological polar surface area (TPSA) is 90.0 Å². The lowest BCUT2D eigenvalue weighted by atomic mass is 10.2. The number of carbonyl (C=O) groups is 1. The number of anilines is 3. The van der Waals surface area contributed by atoms with E-state index in [4.69, 9.17) is 4.98 Å². The maximum atomic E-state index is 13.0. The fourth-order valence-corrected chi connectivity index (χ4v) is 4.71. The van der Waals surface area contributed by atoms with Gasteiger partial charge in [-0.25, -0.2) is 4.98 Å². The third kappa shape index (κ3) is 3.81. The van der Waals surface area contributed by atoms with Crippen LogP contribution in [0.4, 0.5) is 30.8 Å². The number of fused-ring (bicyclic) bond motifs is 1. The summed E-state index contributed by atoms with van der Waals surface area (Å²) in [6.07, 6.45) is 1.65. The number of nitrogens with one attached hydrogen (secondary N) is 2. The lowest BCUT2D eigenvalue weighted by Gasteiger charge is -2.28. The number of hydrogen-bond donors (Lipinski definition) is 2. The van der Waals surface area contributed by atoms with Crippen molar-refractivity contribution >= 4 is 23.5 Å². The largest absolute Gasteiger partial charge is 0.432 e. The number of likely N-dealkylation sites (tertiary alicyclic amines) is 1. The fourth-order valence-electron chi connectivity index (χ4n) is 4.71. The van der Waals surface area contributed by atoms with E-state index in [0.29, 0.717) is 18.3 Å². The summed E-state index contributed by atoms with van der Waals surface area (Å²) < 4.78 is 38.7. The minimum atomic E-state index is -4.50. The molecule has 11 heteroatoms. The van der Waals surface area contributed by atoms with Crippen LogP contribution in [-0.4, -0.2) is 56.6 Å². The number of aromatic nitrogens is 4. The molecule has 31 heavy (non-hydrogen) atoms. The molecular weight excluding hydrogens is 411 g/mol. The van der Waals surface area contributed by atoms with Crippen molar-refractivity contribution in [2.24, 2.45) is 0 Å². The molecule has 8 nitrogen and oxygen atoms in total. The van der Waals surface area contributed by atoms with E-state index in [1.54, 1.807) is 0 Å². The van der Waals surface area contributed by atoms with Gasteiger partial charge in [-0.3, -0.25) is 9.89 Å². The molecule has 2 N–H and O–H groups in total. The van der Waals surface area contributed by atoms with Gasteiger partial charge in [0.25, 0.3) is 0 Å². The number of alkyl halides is 3. The average molecular weight is 435 g/mol. The van der Waals surface area contributed by atoms with Gasteiger partial charge in [-0.1, -0.05) is 0 Å². The van der Waals surface area contributed by atoms with Crippen LogP contribution in [0.15, 0.2) is 6.07 Å². The monoisotopic (exact) mass is 435 g/mol. The molecule has 166 valence electrons. The number of halogens is 3. The maximum absolute atomic E-state index is 13.0. The van der Waals surface area contributed by atoms with Gasteiger partial charge in [0.2, 0.25) is 11.9 Å². The fraction of sp³-hybridized carbons (Fsp3) is 0.600. The van der Waals surface area contributed by atoms with Crippen LogP contribution in [0, 0.1) is 0 Å². The first kappa shape index (κ1) is 20.1. The first-order valence-electron chi connectivity index (χ1n) is 10.7. The molecule has 2 aliphatic heterocycles. The van der Waals surface area contributed by atoms with Crippen LogP contribution >= 0.6 is 0 Å². The van der Waals surface area contributed by atoms with Crippen molar-refractivity contribution < 1.29 is 18.0 Å². The Morgan fingerprint density at radius 3 is 2.65 bits per heavy atom. The van der Waals surface area contributed by atoms with E-state index in [1.807, 2.05) is 14.9 Å². The van der Waals surface area contributed by atoms with Crippen LogP contribution in [0.2, 0.25) is 0 Å². The zero-order valence-electron chi connectivity index (χ0n) is 17.0. The van der Waals surface area contributed by atoms with Crippen LogP contribution in [0.1, 0.15) is 49.1 Å². The van der Waals surface area contributed by atoms with Crippen LogP contribution in [-0.2, 0) is 23.8 Å². The lowest BCUT2D eigenvalue weighted by molar-refractivity contribution is -0.141. The van der Waals surface area contributed by atoms with E-state index in [-0.39, 0.29) is 17.8 Å². The molecule has 3 aliphatic rings. The number of rotatable bonds is 4. The average Bonchev–Trinajstić information content (AvgIpc) is 3.53. The van der Waals surface area contributed by atoms with Crippen molar-refractivity contribution in [1.29, 1.82) is 0 Å². The molecule has 0 spiro atoms. The molecule has 1 aliphatic carbocycles. The zero-order valence-corrected chi connectivity index (χ0v) is 17.0. The van der Waals surface area contributed by atoms with Crippen LogP contribution in [0.5, 0.6) is 0 Å². The molecule has 1 unspecified atom stereocenters. The second-order valence-electron chi connectivity index (χ2n) is 8.32. The molecule has 2 saturated heterocycles. The van der Waals surface area contributed by atoms with E-state index in [0.717, 1.165) is 75.4 Å². The molecule has 1 amide bonds. The van der Waals surface area contributed by atoms with Gasteiger partial charge in [-0.15, -0.1) is 0 Å². The smallest absolute Gasteiger partial charge is 0.341 e. The van der Waals surface area contributed by atoms with Crippen LogP contribution < -0.4 is 10.2 Å². The van der Waals surface area contributed by atoms with Gasteiger partial charge in [-0.05, 0) is 44.9 Å². The van der Waals surface area contributed by atoms with E-state index in [1.165, 1.54) is 0 Å². The first-order chi connectivity index (χ1) is 14.9. The number of aromatic amines is 1. The van der Waals surface area contributed by atoms with Gasteiger partial charge >= 0.3 is 6.18 Å². The molecule has 2 aromatic heterocycles. The van der Waals surface area contributed by atoms with E-state index in [9.17, 15) is 18.0 Å². The number of amides is 1. The summed E-state index contributed by atoms with van der Waals surface area (Å²) >= 11 is 0. The molecule has 2 aromatic rings. The first-order valence-corrected chi connectivity index (χ1v) is 10.7. The molecule has 4 heterocycles. The normalized spacial score (nSPS) is 21.1. The van der Waals surface area contributed by atoms with Crippen molar-refractivity contribution in [2.75, 3.05) is 29.9 Å². The molecule has 0 radical (unpaired) electrons. The zero-order chi connectivity index (χ0) is 21.6. The van der Waals surface area contributed by atoms with Crippen molar-refractivity contribution in [3.63, 3.8) is 0 Å². The number of nitrogens with zero attached hydrogens (tertiary/aromatic N) is 5. The van der Waals surface area contributed by atoms with Gasteiger partial charge in [0, 0.05) is 31.3 Å². The molecule has 0 aromatic carbocycles. The third-order valence-electron chi connectivity index (χ3n) is 6.26. The SMILES string of the molecule is O=C(C1CCCN1c1nc2c(c(Nc3cc(C(F)(F)F)[nH]n3)n1)CCC2)N1CCCC1. The van der Waals surface area contributed by atoms with Crippen molar-refractivity contribution in [3.8, 4) is 0 Å². The molecular formula is C20H24F3N7O. The number of H-pyrrole nitrogens is 1. The Kier molecular flexibility index (Phi) is 4.98. The van der Waals surface area contributed by atoms with Crippen LogP contribution in [0.25, 0.3) is 0 Å². The third-order valence-corrected chi connectivity index (χ3v) is 6.26. The van der Waals surface area contributed by atoms with Crippen molar-refractivity contribution in [3.05, 3.63) is 23.0 Å². The molecule has 0 bridgehead atoms. The second kappa shape index (κ2) is 7.69. The molecule has 1 atom stereocenters. The Balaban J connectivity index is 1.43. The highest BCUT2D eigenvalue weighted by molar-refractivity contribution is 5.85. The van der Waals surface area contributed by atoms with E-state index >= 15 is 0 Å². The Morgan fingerprint density at radius 2 is 1.90 bits per heavy atom. The van der Waals surface area contributed by atoms with Gasteiger partial charge in [0.05, 0.1) is 5.69 Å². The predicted octanol–water partition coefficient (Wildman–Crippen LogP) is 3.04. The lowest BCUT2D eigenvalue weighted by Crippen LogP contribution is -2.45. The van der Waals surface area contributed by atoms with E-state index < -0.39 is 11.9 Å². The summed E-state index contributed by atoms with van der Waals surface area (Å²) in [6, 6.07) is 0.645. The highest BCUT2D eigenvalue weighted by Crippen LogP contribution is 2.34. The standard InChI is InChI=1S/C20H24F3N7O/c21-20(22,23)15-11-16(28-27-15)25-17-12-5-3-6-13(12)24-19(26-17)30-10-4-7-14(30)18(31)29-8-1-2-9-29/h11,14H,1-10H2,(H2,24,25,26,27,28). The highest BCUT2D eigenvalue weighted by atomic mass is 19.4. The summed E-state index contributed by atoms with van der Waals surface area (Å²) in [6.45, 7) is 2.27. The van der Waals surface area contributed by atoms with Gasteiger partial charge in [0.15, 0.2) is 5.82 Å². The Bertz CT molecular complexity index is 984. The van der Waals surface area contributed by atoms with Crippen molar-refractivity contribution in [1.82, 2.24) is 25.1 Å². The Hall–Kier alpha value is -2.85. The van der Waals surface area contributed by atoms with Gasteiger partial charge in [0.1, 0.15) is 17.6 Å². The molecule has 0 saturated carbocycles. The minimum Gasteiger partial charge on any atom is -0.341 e. The summed E-state index contributed by atoms with van der Waals surface area (Å²) in [5, 5.41) is 8.69. The van der Waals surface area contributed by atoms with Crippen molar-refractivity contribution in [2.45, 2.75) is 57.2 Å². The van der Waals surface area contributed by atoms with Gasteiger partial charge < -0.3 is 15.1 Å². The van der Waals surface area contributed by atoms with E-state index in [2.05, 4.69) is 15.4 Å². The second-order valence-corrected chi connectivity index (χ2v) is 8.32. The highest BCUT2D eigenvalue weighted by Gasteiger charge is 2.37. The quantitative estimate of drug-likeness (QED) is 0.767. The maximum Gasteiger partial charge on any atom is 0.432 e. The summed E-state index contributed by atoms with van der Waals surface area (Å²) in [5.41, 5.74) is 0.872. The molecule has 2 fully saturated rings. The summed E-state index contributed by atoms with van der Waals surface area (Å²) in [4.78, 5) is 26.3.